The Labute approximate surface area is 163 Å². The maximum absolute atomic E-state index is 12.3. The zero-order valence-electron chi connectivity index (χ0n) is 17.9. The van der Waals surface area contributed by atoms with Gasteiger partial charge in [0.25, 0.3) is 0 Å². The van der Waals surface area contributed by atoms with Crippen molar-refractivity contribution in [3.05, 3.63) is 17.0 Å². The van der Waals surface area contributed by atoms with Gasteiger partial charge in [-0.1, -0.05) is 25.9 Å². The highest BCUT2D eigenvalue weighted by atomic mass is 16.6. The van der Waals surface area contributed by atoms with E-state index in [2.05, 4.69) is 25.9 Å². The minimum atomic E-state index is -0.512. The average Bonchev–Trinajstić information content (AvgIpc) is 3.24. The molecule has 0 spiro atoms. The summed E-state index contributed by atoms with van der Waals surface area (Å²) in [5.74, 6) is 1.07. The SMILES string of the molecule is CC(C)(C)CCCc1onc(C(CCO)CC(=O)OC(C)(C)C)c1C1CC1. The molecule has 1 aliphatic rings. The molecule has 0 aliphatic heterocycles. The van der Waals surface area contributed by atoms with E-state index in [-0.39, 0.29) is 24.9 Å². The highest BCUT2D eigenvalue weighted by molar-refractivity contribution is 5.71. The summed E-state index contributed by atoms with van der Waals surface area (Å²) in [6, 6.07) is 0. The number of carbonyl (C=O) groups excluding carboxylic acids is 1. The lowest BCUT2D eigenvalue weighted by Crippen LogP contribution is -2.25. The van der Waals surface area contributed by atoms with Crippen molar-refractivity contribution in [1.82, 2.24) is 5.16 Å². The van der Waals surface area contributed by atoms with Crippen molar-refractivity contribution in [3.8, 4) is 0 Å². The zero-order chi connectivity index (χ0) is 20.2. The minimum Gasteiger partial charge on any atom is -0.460 e. The molecule has 2 rings (SSSR count). The molecule has 5 heteroatoms. The lowest BCUT2D eigenvalue weighted by Gasteiger charge is -2.21. The summed E-state index contributed by atoms with van der Waals surface area (Å²) in [6.07, 6.45) is 6.10. The molecule has 1 saturated carbocycles. The summed E-state index contributed by atoms with van der Waals surface area (Å²) in [6.45, 7) is 12.4. The van der Waals surface area contributed by atoms with Crippen LogP contribution in [0.2, 0.25) is 0 Å². The van der Waals surface area contributed by atoms with Crippen LogP contribution in [0.15, 0.2) is 4.52 Å². The van der Waals surface area contributed by atoms with E-state index in [1.54, 1.807) is 0 Å². The van der Waals surface area contributed by atoms with Crippen molar-refractivity contribution >= 4 is 5.97 Å². The van der Waals surface area contributed by atoms with Crippen LogP contribution in [0.1, 0.15) is 109 Å². The topological polar surface area (TPSA) is 72.6 Å². The van der Waals surface area contributed by atoms with Crippen molar-refractivity contribution in [2.24, 2.45) is 5.41 Å². The summed E-state index contributed by atoms with van der Waals surface area (Å²) < 4.78 is 11.2. The largest absolute Gasteiger partial charge is 0.460 e. The first-order valence-electron chi connectivity index (χ1n) is 10.3. The molecule has 0 radical (unpaired) electrons. The van der Waals surface area contributed by atoms with E-state index in [0.717, 1.165) is 43.6 Å². The summed E-state index contributed by atoms with van der Waals surface area (Å²) in [7, 11) is 0. The molecule has 5 nitrogen and oxygen atoms in total. The van der Waals surface area contributed by atoms with Crippen LogP contribution in [-0.2, 0) is 16.0 Å². The predicted octanol–water partition coefficient (Wildman–Crippen LogP) is 5.12. The summed E-state index contributed by atoms with van der Waals surface area (Å²) in [5.41, 5.74) is 1.86. The Bertz CT molecular complexity index is 617. The average molecular weight is 380 g/mol. The lowest BCUT2D eigenvalue weighted by molar-refractivity contribution is -0.155. The molecule has 1 heterocycles. The second kappa shape index (κ2) is 8.76. The van der Waals surface area contributed by atoms with Crippen LogP contribution in [0.5, 0.6) is 0 Å². The van der Waals surface area contributed by atoms with E-state index < -0.39 is 5.60 Å². The van der Waals surface area contributed by atoms with Crippen LogP contribution in [-0.4, -0.2) is 28.4 Å². The van der Waals surface area contributed by atoms with Gasteiger partial charge in [-0.2, -0.15) is 0 Å². The minimum absolute atomic E-state index is 0.0176. The molecule has 1 N–H and O–H groups in total. The van der Waals surface area contributed by atoms with Gasteiger partial charge < -0.3 is 14.4 Å². The molecule has 27 heavy (non-hydrogen) atoms. The van der Waals surface area contributed by atoms with Crippen molar-refractivity contribution < 1.29 is 19.2 Å². The van der Waals surface area contributed by atoms with Crippen LogP contribution in [0.4, 0.5) is 0 Å². The Morgan fingerprint density at radius 2 is 1.93 bits per heavy atom. The molecule has 1 aromatic rings. The standard InChI is InChI=1S/C22H37NO4/c1-21(2,3)12-7-8-17-19(15-9-10-15)20(23-27-17)16(11-13-24)14-18(25)26-22(4,5)6/h15-16,24H,7-14H2,1-6H3. The molecule has 0 aromatic carbocycles. The van der Waals surface area contributed by atoms with Crippen LogP contribution >= 0.6 is 0 Å². The molecular weight excluding hydrogens is 342 g/mol. The zero-order valence-corrected chi connectivity index (χ0v) is 17.9. The second-order valence-electron chi connectivity index (χ2n) is 10.1. The van der Waals surface area contributed by atoms with Gasteiger partial charge in [0.15, 0.2) is 0 Å². The first-order valence-corrected chi connectivity index (χ1v) is 10.3. The number of nitrogens with zero attached hydrogens (tertiary/aromatic N) is 1. The number of esters is 1. The molecule has 1 fully saturated rings. The Kier molecular flexibility index (Phi) is 7.12. The third-order valence-corrected chi connectivity index (χ3v) is 4.84. The number of aliphatic hydroxyl groups is 1. The molecular formula is C22H37NO4. The van der Waals surface area contributed by atoms with E-state index in [9.17, 15) is 9.90 Å². The maximum atomic E-state index is 12.3. The lowest BCUT2D eigenvalue weighted by atomic mass is 9.88. The van der Waals surface area contributed by atoms with Gasteiger partial charge >= 0.3 is 5.97 Å². The van der Waals surface area contributed by atoms with E-state index >= 15 is 0 Å². The van der Waals surface area contributed by atoms with Crippen molar-refractivity contribution in [3.63, 3.8) is 0 Å². The quantitative estimate of drug-likeness (QED) is 0.603. The summed E-state index contributed by atoms with van der Waals surface area (Å²) >= 11 is 0. The number of hydrogen-bond acceptors (Lipinski definition) is 5. The van der Waals surface area contributed by atoms with Crippen LogP contribution in [0.3, 0.4) is 0 Å². The summed E-state index contributed by atoms with van der Waals surface area (Å²) in [5, 5.41) is 13.9. The number of aliphatic hydroxyl groups excluding tert-OH is 1. The van der Waals surface area contributed by atoms with Crippen LogP contribution in [0.25, 0.3) is 0 Å². The Morgan fingerprint density at radius 1 is 1.26 bits per heavy atom. The van der Waals surface area contributed by atoms with Gasteiger partial charge in [-0.15, -0.1) is 0 Å². The Hall–Kier alpha value is -1.36. The fourth-order valence-corrected chi connectivity index (χ4v) is 3.48. The number of ether oxygens (including phenoxy) is 1. The van der Waals surface area contributed by atoms with E-state index in [4.69, 9.17) is 9.26 Å². The highest BCUT2D eigenvalue weighted by Crippen LogP contribution is 2.46. The van der Waals surface area contributed by atoms with Gasteiger partial charge in [0.05, 0.1) is 12.1 Å². The molecule has 1 aliphatic carbocycles. The number of rotatable bonds is 9. The summed E-state index contributed by atoms with van der Waals surface area (Å²) in [4.78, 5) is 12.3. The fourth-order valence-electron chi connectivity index (χ4n) is 3.48. The molecule has 0 bridgehead atoms. The van der Waals surface area contributed by atoms with E-state index in [0.29, 0.717) is 17.8 Å². The first-order chi connectivity index (χ1) is 12.5. The molecule has 0 saturated heterocycles. The van der Waals surface area contributed by atoms with Gasteiger partial charge in [-0.3, -0.25) is 4.79 Å². The van der Waals surface area contributed by atoms with Gasteiger partial charge in [0.2, 0.25) is 0 Å². The third-order valence-electron chi connectivity index (χ3n) is 4.84. The Balaban J connectivity index is 2.14. The fraction of sp³-hybridized carbons (Fsp3) is 0.818. The number of aromatic nitrogens is 1. The van der Waals surface area contributed by atoms with Gasteiger partial charge in [-0.25, -0.2) is 0 Å². The van der Waals surface area contributed by atoms with E-state index in [1.807, 2.05) is 20.8 Å². The van der Waals surface area contributed by atoms with Crippen LogP contribution < -0.4 is 0 Å². The highest BCUT2D eigenvalue weighted by Gasteiger charge is 2.35. The smallest absolute Gasteiger partial charge is 0.306 e. The number of aryl methyl sites for hydroxylation is 1. The van der Waals surface area contributed by atoms with Gasteiger partial charge in [0.1, 0.15) is 11.4 Å². The van der Waals surface area contributed by atoms with Gasteiger partial charge in [-0.05, 0) is 64.2 Å². The monoisotopic (exact) mass is 379 g/mol. The molecule has 1 unspecified atom stereocenters. The number of hydrogen-bond donors (Lipinski definition) is 1. The predicted molar refractivity (Wildman–Crippen MR) is 106 cm³/mol. The van der Waals surface area contributed by atoms with Crippen molar-refractivity contribution in [2.45, 2.75) is 104 Å². The normalized spacial score (nSPS) is 16.4. The van der Waals surface area contributed by atoms with Gasteiger partial charge in [0, 0.05) is 24.5 Å². The van der Waals surface area contributed by atoms with E-state index in [1.165, 1.54) is 5.56 Å². The third kappa shape index (κ3) is 7.28. The maximum Gasteiger partial charge on any atom is 0.306 e. The first kappa shape index (κ1) is 21.9. The molecule has 1 aromatic heterocycles. The second-order valence-corrected chi connectivity index (χ2v) is 10.1. The molecule has 0 amide bonds. The van der Waals surface area contributed by atoms with Crippen molar-refractivity contribution in [2.75, 3.05) is 6.61 Å². The molecule has 154 valence electrons. The van der Waals surface area contributed by atoms with Crippen molar-refractivity contribution in [1.29, 1.82) is 0 Å². The number of carbonyl (C=O) groups is 1. The molecule has 1 atom stereocenters. The van der Waals surface area contributed by atoms with Crippen LogP contribution in [0, 0.1) is 5.41 Å². The Morgan fingerprint density at radius 3 is 2.44 bits per heavy atom.